The molecule has 4 nitrogen and oxygen atoms in total. The van der Waals surface area contributed by atoms with Gasteiger partial charge >= 0.3 is 0 Å². The Bertz CT molecular complexity index is 1010. The maximum atomic E-state index is 9.79. The fourth-order valence-corrected chi connectivity index (χ4v) is 3.64. The summed E-state index contributed by atoms with van der Waals surface area (Å²) in [6.07, 6.45) is 7.48. The minimum absolute atomic E-state index is 0.192. The maximum Gasteiger partial charge on any atom is 0.110 e. The molecule has 29 heavy (non-hydrogen) atoms. The van der Waals surface area contributed by atoms with E-state index in [1.165, 1.54) is 22.3 Å². The van der Waals surface area contributed by atoms with Crippen LogP contribution in [0.4, 0.5) is 0 Å². The zero-order valence-electron chi connectivity index (χ0n) is 17.6. The molecule has 3 aromatic rings. The summed E-state index contributed by atoms with van der Waals surface area (Å²) >= 11 is 0. The Morgan fingerprint density at radius 3 is 2.52 bits per heavy atom. The molecular weight excluding hydrogens is 358 g/mol. The lowest BCUT2D eigenvalue weighted by atomic mass is 9.85. The van der Waals surface area contributed by atoms with Crippen molar-refractivity contribution in [3.63, 3.8) is 0 Å². The van der Waals surface area contributed by atoms with Crippen LogP contribution in [0.2, 0.25) is 0 Å². The Balaban J connectivity index is 1.95. The zero-order valence-corrected chi connectivity index (χ0v) is 17.6. The van der Waals surface area contributed by atoms with Crippen molar-refractivity contribution >= 4 is 6.21 Å². The summed E-state index contributed by atoms with van der Waals surface area (Å²) in [5, 5.41) is 13.6. The van der Waals surface area contributed by atoms with Gasteiger partial charge in [-0.1, -0.05) is 55.5 Å². The van der Waals surface area contributed by atoms with Gasteiger partial charge in [-0.05, 0) is 61.9 Å². The van der Waals surface area contributed by atoms with Crippen molar-refractivity contribution in [1.82, 2.24) is 9.94 Å². The molecule has 0 amide bonds. The Hall–Kier alpha value is -3.14. The first-order valence-electron chi connectivity index (χ1n) is 10.1. The molecule has 0 saturated heterocycles. The van der Waals surface area contributed by atoms with Gasteiger partial charge in [0.25, 0.3) is 0 Å². The lowest BCUT2D eigenvalue weighted by molar-refractivity contribution is 0.153. The molecular formula is C25H29N3O. The van der Waals surface area contributed by atoms with Gasteiger partial charge in [0.05, 0.1) is 6.20 Å². The van der Waals surface area contributed by atoms with E-state index in [2.05, 4.69) is 69.2 Å². The first-order chi connectivity index (χ1) is 14.0. The second-order valence-electron chi connectivity index (χ2n) is 7.28. The molecule has 2 aromatic carbocycles. The summed E-state index contributed by atoms with van der Waals surface area (Å²) in [4.78, 5) is 5.67. The average molecular weight is 388 g/mol. The summed E-state index contributed by atoms with van der Waals surface area (Å²) in [6, 6.07) is 16.6. The number of aliphatic imine (C=N–C) groups is 1. The lowest BCUT2D eigenvalue weighted by Crippen LogP contribution is -2.08. The molecule has 0 bridgehead atoms. The molecule has 150 valence electrons. The third kappa shape index (κ3) is 4.65. The molecule has 0 saturated carbocycles. The summed E-state index contributed by atoms with van der Waals surface area (Å²) < 4.78 is 0. The SMILES string of the molecule is C/C=C(\N=CCC)C(Cc1ccc(-c2ccnn2O)cc1)c1cccc(C)c1C. The first-order valence-corrected chi connectivity index (χ1v) is 10.1. The molecule has 1 unspecified atom stereocenters. The Labute approximate surface area is 173 Å². The van der Waals surface area contributed by atoms with Gasteiger partial charge in [0, 0.05) is 23.4 Å². The fourth-order valence-electron chi connectivity index (χ4n) is 3.64. The number of benzene rings is 2. The highest BCUT2D eigenvalue weighted by molar-refractivity contribution is 5.60. The summed E-state index contributed by atoms with van der Waals surface area (Å²) in [6.45, 7) is 8.52. The van der Waals surface area contributed by atoms with Crippen molar-refractivity contribution < 1.29 is 5.21 Å². The minimum atomic E-state index is 0.192. The fraction of sp³-hybridized carbons (Fsp3) is 0.280. The van der Waals surface area contributed by atoms with Crippen LogP contribution in [0.5, 0.6) is 0 Å². The molecule has 4 heteroatoms. The topological polar surface area (TPSA) is 50.4 Å². The monoisotopic (exact) mass is 387 g/mol. The molecule has 1 heterocycles. The van der Waals surface area contributed by atoms with Gasteiger partial charge in [-0.3, -0.25) is 4.99 Å². The Morgan fingerprint density at radius 2 is 1.90 bits per heavy atom. The van der Waals surface area contributed by atoms with Crippen molar-refractivity contribution in [2.75, 3.05) is 0 Å². The number of aromatic nitrogens is 2. The van der Waals surface area contributed by atoms with Crippen LogP contribution in [-0.4, -0.2) is 21.4 Å². The maximum absolute atomic E-state index is 9.79. The molecule has 0 radical (unpaired) electrons. The van der Waals surface area contributed by atoms with E-state index in [-0.39, 0.29) is 5.92 Å². The predicted molar refractivity (Wildman–Crippen MR) is 120 cm³/mol. The van der Waals surface area contributed by atoms with Gasteiger partial charge in [0.1, 0.15) is 5.69 Å². The van der Waals surface area contributed by atoms with Gasteiger partial charge in [-0.2, -0.15) is 0 Å². The van der Waals surface area contributed by atoms with Gasteiger partial charge < -0.3 is 5.21 Å². The van der Waals surface area contributed by atoms with Crippen LogP contribution in [0.25, 0.3) is 11.3 Å². The van der Waals surface area contributed by atoms with Crippen molar-refractivity contribution in [3.8, 4) is 11.3 Å². The molecule has 0 aliphatic carbocycles. The van der Waals surface area contributed by atoms with Crippen LogP contribution in [0.15, 0.2) is 71.5 Å². The van der Waals surface area contributed by atoms with Gasteiger partial charge in [0.2, 0.25) is 0 Å². The molecule has 0 aliphatic rings. The number of rotatable bonds is 7. The standard InChI is InChI=1S/C25H29N3O/c1-5-15-26-24(6-2)23(22-9-7-8-18(3)19(22)4)17-20-10-12-21(13-11-20)25-14-16-27-28(25)29/h6-16,23,29H,5,17H2,1-4H3/b24-6-,26-15?. The largest absolute Gasteiger partial charge is 0.411 e. The number of hydrogen-bond donors (Lipinski definition) is 1. The molecule has 0 aliphatic heterocycles. The second kappa shape index (κ2) is 9.37. The van der Waals surface area contributed by atoms with Crippen LogP contribution in [0.3, 0.4) is 0 Å². The third-order valence-electron chi connectivity index (χ3n) is 5.41. The zero-order chi connectivity index (χ0) is 20.8. The van der Waals surface area contributed by atoms with Crippen LogP contribution in [0, 0.1) is 13.8 Å². The number of aryl methyl sites for hydroxylation is 1. The summed E-state index contributed by atoms with van der Waals surface area (Å²) in [7, 11) is 0. The van der Waals surface area contributed by atoms with Crippen molar-refractivity contribution in [2.24, 2.45) is 4.99 Å². The highest BCUT2D eigenvalue weighted by atomic mass is 16.5. The average Bonchev–Trinajstić information content (AvgIpc) is 3.16. The van der Waals surface area contributed by atoms with Crippen molar-refractivity contribution in [2.45, 2.75) is 46.5 Å². The molecule has 3 rings (SSSR count). The number of nitrogens with zero attached hydrogens (tertiary/aromatic N) is 3. The molecule has 0 spiro atoms. The number of allylic oxidation sites excluding steroid dienone is 2. The van der Waals surface area contributed by atoms with Gasteiger partial charge in [-0.25, -0.2) is 0 Å². The highest BCUT2D eigenvalue weighted by Gasteiger charge is 2.19. The van der Waals surface area contributed by atoms with E-state index < -0.39 is 0 Å². The quantitative estimate of drug-likeness (QED) is 0.392. The van der Waals surface area contributed by atoms with E-state index in [4.69, 9.17) is 4.99 Å². The van der Waals surface area contributed by atoms with Crippen molar-refractivity contribution in [3.05, 3.63) is 88.8 Å². The smallest absolute Gasteiger partial charge is 0.110 e. The van der Waals surface area contributed by atoms with Crippen molar-refractivity contribution in [1.29, 1.82) is 0 Å². The third-order valence-corrected chi connectivity index (χ3v) is 5.41. The molecule has 1 aromatic heterocycles. The van der Waals surface area contributed by atoms with Gasteiger partial charge in [-0.15, -0.1) is 9.94 Å². The second-order valence-corrected chi connectivity index (χ2v) is 7.28. The van der Waals surface area contributed by atoms with Gasteiger partial charge in [0.15, 0.2) is 0 Å². The van der Waals surface area contributed by atoms with Crippen LogP contribution in [-0.2, 0) is 6.42 Å². The molecule has 0 fully saturated rings. The minimum Gasteiger partial charge on any atom is -0.411 e. The van der Waals surface area contributed by atoms with Crippen LogP contribution in [0.1, 0.15) is 48.4 Å². The van der Waals surface area contributed by atoms with E-state index in [0.29, 0.717) is 5.69 Å². The van der Waals surface area contributed by atoms with E-state index >= 15 is 0 Å². The lowest BCUT2D eigenvalue weighted by Gasteiger charge is -2.22. The normalized spacial score (nSPS) is 13.2. The first kappa shape index (κ1) is 20.6. The summed E-state index contributed by atoms with van der Waals surface area (Å²) in [5.41, 5.74) is 7.89. The molecule has 1 atom stereocenters. The summed E-state index contributed by atoms with van der Waals surface area (Å²) in [5.74, 6) is 0.192. The van der Waals surface area contributed by atoms with E-state index in [0.717, 1.165) is 28.9 Å². The molecule has 1 N–H and O–H groups in total. The van der Waals surface area contributed by atoms with E-state index in [1.807, 2.05) is 18.3 Å². The van der Waals surface area contributed by atoms with E-state index in [9.17, 15) is 5.21 Å². The van der Waals surface area contributed by atoms with Crippen LogP contribution < -0.4 is 0 Å². The Morgan fingerprint density at radius 1 is 1.14 bits per heavy atom. The Kier molecular flexibility index (Phi) is 6.65. The number of hydrogen-bond acceptors (Lipinski definition) is 3. The highest BCUT2D eigenvalue weighted by Crippen LogP contribution is 2.33. The predicted octanol–water partition coefficient (Wildman–Crippen LogP) is 6.12. The van der Waals surface area contributed by atoms with Crippen LogP contribution >= 0.6 is 0 Å². The van der Waals surface area contributed by atoms with E-state index in [1.54, 1.807) is 12.3 Å².